The van der Waals surface area contributed by atoms with Crippen LogP contribution in [-0.2, 0) is 4.79 Å². The van der Waals surface area contributed by atoms with Gasteiger partial charge in [-0.25, -0.2) is 9.79 Å². The number of hydrogen-bond acceptors (Lipinski definition) is 6. The molecule has 1 aliphatic heterocycles. The number of allylic oxidation sites excluding steroid dienone is 1. The number of carbonyl (C=O) groups is 2. The number of aromatic nitrogens is 1. The molecule has 1 atom stereocenters. The van der Waals surface area contributed by atoms with E-state index >= 15 is 0 Å². The van der Waals surface area contributed by atoms with Crippen LogP contribution in [0.3, 0.4) is 0 Å². The number of carboxylic acids is 1. The first kappa shape index (κ1) is 25.9. The van der Waals surface area contributed by atoms with Crippen molar-refractivity contribution >= 4 is 35.0 Å². The van der Waals surface area contributed by atoms with Crippen molar-refractivity contribution < 1.29 is 19.4 Å². The maximum Gasteiger partial charge on any atom is 0.335 e. The normalized spacial score (nSPS) is 14.9. The molecule has 39 heavy (non-hydrogen) atoms. The molecule has 5 rings (SSSR count). The number of benzene rings is 3. The number of rotatable bonds is 7. The first-order chi connectivity index (χ1) is 18.9. The van der Waals surface area contributed by atoms with Crippen LogP contribution in [0.15, 0.2) is 99.9 Å². The maximum atomic E-state index is 13.8. The Morgan fingerprint density at radius 3 is 2.38 bits per heavy atom. The van der Waals surface area contributed by atoms with Gasteiger partial charge in [0.2, 0.25) is 0 Å². The number of nitrogens with one attached hydrogen (secondary N) is 1. The van der Waals surface area contributed by atoms with Crippen LogP contribution >= 0.6 is 11.3 Å². The van der Waals surface area contributed by atoms with Crippen molar-refractivity contribution in [3.63, 3.8) is 0 Å². The minimum atomic E-state index is -1.02. The highest BCUT2D eigenvalue weighted by Gasteiger charge is 2.32. The molecule has 4 aromatic rings. The lowest BCUT2D eigenvalue weighted by molar-refractivity contribution is -0.113. The van der Waals surface area contributed by atoms with Gasteiger partial charge >= 0.3 is 5.97 Å². The fraction of sp³-hybridized carbons (Fsp3) is 0.133. The summed E-state index contributed by atoms with van der Waals surface area (Å²) in [4.78, 5) is 43.7. The van der Waals surface area contributed by atoms with Crippen molar-refractivity contribution in [2.24, 2.45) is 4.99 Å². The number of carboxylic acid groups (broad SMARTS) is 1. The molecule has 0 unspecified atom stereocenters. The van der Waals surface area contributed by atoms with Gasteiger partial charge in [-0.2, -0.15) is 0 Å². The van der Waals surface area contributed by atoms with Crippen molar-refractivity contribution in [2.45, 2.75) is 19.9 Å². The number of thiazole rings is 1. The summed E-state index contributed by atoms with van der Waals surface area (Å²) in [6, 6.07) is 22.0. The van der Waals surface area contributed by atoms with Gasteiger partial charge in [0.1, 0.15) is 5.75 Å². The molecule has 0 spiro atoms. The zero-order valence-corrected chi connectivity index (χ0v) is 22.1. The fourth-order valence-corrected chi connectivity index (χ4v) is 5.48. The Kier molecular flexibility index (Phi) is 7.25. The third-order valence-electron chi connectivity index (χ3n) is 6.26. The minimum absolute atomic E-state index is 0.161. The van der Waals surface area contributed by atoms with E-state index < -0.39 is 12.0 Å². The lowest BCUT2D eigenvalue weighted by Gasteiger charge is -2.25. The topological polar surface area (TPSA) is 110 Å². The number of ether oxygens (including phenoxy) is 1. The summed E-state index contributed by atoms with van der Waals surface area (Å²) in [5, 5.41) is 12.1. The van der Waals surface area contributed by atoms with Gasteiger partial charge in [0.25, 0.3) is 11.5 Å². The average molecular weight is 540 g/mol. The van der Waals surface area contributed by atoms with Crippen LogP contribution in [-0.4, -0.2) is 28.2 Å². The number of carbonyl (C=O) groups excluding carboxylic acids is 1. The predicted octanol–water partition coefficient (Wildman–Crippen LogP) is 3.97. The van der Waals surface area contributed by atoms with E-state index in [2.05, 4.69) is 10.3 Å². The molecular formula is C30H25N3O5S. The van der Waals surface area contributed by atoms with Crippen LogP contribution in [0.1, 0.15) is 41.4 Å². The summed E-state index contributed by atoms with van der Waals surface area (Å²) in [5.41, 5.74) is 2.81. The second-order valence-corrected chi connectivity index (χ2v) is 9.84. The highest BCUT2D eigenvalue weighted by Crippen LogP contribution is 2.31. The molecule has 0 fully saturated rings. The summed E-state index contributed by atoms with van der Waals surface area (Å²) in [6.07, 6.45) is 1.70. The largest absolute Gasteiger partial charge is 0.494 e. The van der Waals surface area contributed by atoms with E-state index in [1.54, 1.807) is 41.8 Å². The van der Waals surface area contributed by atoms with Crippen molar-refractivity contribution in [3.05, 3.63) is 127 Å². The van der Waals surface area contributed by atoms with E-state index in [1.165, 1.54) is 23.5 Å². The molecule has 2 N–H and O–H groups in total. The van der Waals surface area contributed by atoms with Gasteiger partial charge in [0, 0.05) is 5.69 Å². The second-order valence-electron chi connectivity index (χ2n) is 8.83. The third kappa shape index (κ3) is 5.30. The smallest absolute Gasteiger partial charge is 0.335 e. The van der Waals surface area contributed by atoms with Crippen LogP contribution in [0.5, 0.6) is 5.75 Å². The fourth-order valence-electron chi connectivity index (χ4n) is 4.43. The Labute approximate surface area is 227 Å². The Morgan fingerprint density at radius 1 is 1.05 bits per heavy atom. The zero-order valence-electron chi connectivity index (χ0n) is 21.3. The van der Waals surface area contributed by atoms with E-state index in [1.807, 2.05) is 49.4 Å². The molecule has 1 aromatic heterocycles. The molecule has 9 heteroatoms. The summed E-state index contributed by atoms with van der Waals surface area (Å²) in [7, 11) is 0. The molecule has 1 amide bonds. The molecular weight excluding hydrogens is 514 g/mol. The third-order valence-corrected chi connectivity index (χ3v) is 7.24. The SMILES string of the molecule is CCOc1ccc([C@H]2C(C(=O)Nc3ccccc3)=C(C)N=c3s/c(=C\c4ccc(C(=O)O)cc4)c(=O)n32)cc1. The summed E-state index contributed by atoms with van der Waals surface area (Å²) in [6.45, 7) is 4.19. The highest BCUT2D eigenvalue weighted by molar-refractivity contribution is 7.07. The number of nitrogens with zero attached hydrogens (tertiary/aromatic N) is 2. The molecule has 196 valence electrons. The van der Waals surface area contributed by atoms with Gasteiger partial charge in [-0.15, -0.1) is 0 Å². The number of aromatic carboxylic acids is 1. The van der Waals surface area contributed by atoms with E-state index in [-0.39, 0.29) is 17.0 Å². The number of para-hydroxylation sites is 1. The maximum absolute atomic E-state index is 13.8. The quantitative estimate of drug-likeness (QED) is 0.369. The first-order valence-corrected chi connectivity index (χ1v) is 13.1. The van der Waals surface area contributed by atoms with Crippen LogP contribution in [0.2, 0.25) is 0 Å². The van der Waals surface area contributed by atoms with Gasteiger partial charge in [-0.05, 0) is 67.4 Å². The van der Waals surface area contributed by atoms with Crippen LogP contribution in [0, 0.1) is 0 Å². The van der Waals surface area contributed by atoms with Crippen molar-refractivity contribution in [1.29, 1.82) is 0 Å². The molecule has 8 nitrogen and oxygen atoms in total. The lowest BCUT2D eigenvalue weighted by atomic mass is 9.95. The summed E-state index contributed by atoms with van der Waals surface area (Å²) < 4.78 is 7.56. The summed E-state index contributed by atoms with van der Waals surface area (Å²) >= 11 is 1.22. The molecule has 3 aromatic carbocycles. The van der Waals surface area contributed by atoms with Crippen molar-refractivity contribution in [3.8, 4) is 5.75 Å². The monoisotopic (exact) mass is 539 g/mol. The van der Waals surface area contributed by atoms with E-state index in [4.69, 9.17) is 4.74 Å². The first-order valence-electron chi connectivity index (χ1n) is 12.3. The standard InChI is InChI=1S/C30H25N3O5S/c1-3-38-23-15-13-20(14-16-23)26-25(27(34)32-22-7-5-4-6-8-22)18(2)31-30-33(26)28(35)24(39-30)17-19-9-11-21(12-10-19)29(36)37/h4-17,26H,3H2,1-2H3,(H,32,34)(H,36,37)/b24-17-/t26-/m0/s1. The van der Waals surface area contributed by atoms with Crippen molar-refractivity contribution in [2.75, 3.05) is 11.9 Å². The number of amides is 1. The highest BCUT2D eigenvalue weighted by atomic mass is 32.1. The Balaban J connectivity index is 1.63. The lowest BCUT2D eigenvalue weighted by Crippen LogP contribution is -2.40. The average Bonchev–Trinajstić information content (AvgIpc) is 3.23. The van der Waals surface area contributed by atoms with Crippen LogP contribution in [0.4, 0.5) is 5.69 Å². The number of hydrogen-bond donors (Lipinski definition) is 2. The summed E-state index contributed by atoms with van der Waals surface area (Å²) in [5.74, 6) is -0.678. The van der Waals surface area contributed by atoms with Gasteiger partial charge in [-0.3, -0.25) is 14.2 Å². The van der Waals surface area contributed by atoms with E-state index in [0.717, 1.165) is 5.56 Å². The Hall–Kier alpha value is -4.76. The molecule has 0 saturated carbocycles. The van der Waals surface area contributed by atoms with Gasteiger partial charge in [0.05, 0.1) is 34.0 Å². The molecule has 0 aliphatic carbocycles. The molecule has 0 bridgehead atoms. The molecule has 0 radical (unpaired) electrons. The van der Waals surface area contributed by atoms with E-state index in [9.17, 15) is 19.5 Å². The van der Waals surface area contributed by atoms with Crippen molar-refractivity contribution in [1.82, 2.24) is 4.57 Å². The Morgan fingerprint density at radius 2 is 1.74 bits per heavy atom. The second kappa shape index (κ2) is 10.9. The number of fused-ring (bicyclic) bond motifs is 1. The molecule has 0 saturated heterocycles. The van der Waals surface area contributed by atoms with Crippen LogP contribution < -0.4 is 24.9 Å². The van der Waals surface area contributed by atoms with Gasteiger partial charge < -0.3 is 15.2 Å². The minimum Gasteiger partial charge on any atom is -0.494 e. The van der Waals surface area contributed by atoms with Gasteiger partial charge in [0.15, 0.2) is 4.80 Å². The zero-order chi connectivity index (χ0) is 27.5. The Bertz CT molecular complexity index is 1750. The molecule has 2 heterocycles. The molecule has 1 aliphatic rings. The van der Waals surface area contributed by atoms with E-state index in [0.29, 0.717) is 44.2 Å². The van der Waals surface area contributed by atoms with Gasteiger partial charge in [-0.1, -0.05) is 53.8 Å². The predicted molar refractivity (Wildman–Crippen MR) is 150 cm³/mol. The van der Waals surface area contributed by atoms with Crippen LogP contribution in [0.25, 0.3) is 6.08 Å². The number of anilines is 1.